The lowest BCUT2D eigenvalue weighted by Crippen LogP contribution is -2.37. The zero-order valence-electron chi connectivity index (χ0n) is 8.89. The topological polar surface area (TPSA) is 81.6 Å². The van der Waals surface area contributed by atoms with E-state index in [2.05, 4.69) is 10.6 Å². The van der Waals surface area contributed by atoms with Crippen molar-refractivity contribution in [1.29, 1.82) is 0 Å². The molecule has 4 N–H and O–H groups in total. The fourth-order valence-corrected chi connectivity index (χ4v) is 1.10. The van der Waals surface area contributed by atoms with Gasteiger partial charge in [-0.05, 0) is 12.1 Å². The number of benzene rings is 1. The summed E-state index contributed by atoms with van der Waals surface area (Å²) in [6, 6.07) is 9.35. The molecule has 5 nitrogen and oxygen atoms in total. The van der Waals surface area contributed by atoms with E-state index in [1.165, 1.54) is 0 Å². The van der Waals surface area contributed by atoms with Crippen LogP contribution < -0.4 is 10.6 Å². The van der Waals surface area contributed by atoms with Gasteiger partial charge in [0.2, 0.25) is 5.91 Å². The van der Waals surface area contributed by atoms with E-state index in [1.54, 1.807) is 0 Å². The minimum absolute atomic E-state index is 0.0613. The van der Waals surface area contributed by atoms with Crippen molar-refractivity contribution in [2.45, 2.75) is 6.10 Å². The van der Waals surface area contributed by atoms with Crippen LogP contribution in [0.5, 0.6) is 0 Å². The second-order valence-corrected chi connectivity index (χ2v) is 3.36. The van der Waals surface area contributed by atoms with Crippen molar-refractivity contribution >= 4 is 11.6 Å². The number of rotatable bonds is 6. The van der Waals surface area contributed by atoms with Gasteiger partial charge >= 0.3 is 0 Å². The maximum absolute atomic E-state index is 11.3. The van der Waals surface area contributed by atoms with Crippen LogP contribution in [-0.4, -0.2) is 41.9 Å². The zero-order valence-corrected chi connectivity index (χ0v) is 8.89. The van der Waals surface area contributed by atoms with Crippen LogP contribution in [0.4, 0.5) is 5.69 Å². The molecule has 1 unspecified atom stereocenters. The first-order valence-corrected chi connectivity index (χ1v) is 5.07. The normalized spacial score (nSPS) is 11.9. The number of amides is 1. The Hall–Kier alpha value is -1.59. The van der Waals surface area contributed by atoms with Gasteiger partial charge in [-0.25, -0.2) is 0 Å². The summed E-state index contributed by atoms with van der Waals surface area (Å²) in [7, 11) is 0. The molecule has 88 valence electrons. The van der Waals surface area contributed by atoms with Gasteiger partial charge < -0.3 is 20.8 Å². The molecule has 0 bridgehead atoms. The standard InChI is InChI=1S/C11H16N2O3/c14-8-10(15)6-13-11(16)7-12-9-4-2-1-3-5-9/h1-5,10,12,14-15H,6-8H2,(H,13,16). The lowest BCUT2D eigenvalue weighted by atomic mass is 10.3. The summed E-state index contributed by atoms with van der Waals surface area (Å²) in [6.07, 6.45) is -0.902. The summed E-state index contributed by atoms with van der Waals surface area (Å²) in [5.41, 5.74) is 0.861. The van der Waals surface area contributed by atoms with E-state index in [0.717, 1.165) is 5.69 Å². The fourth-order valence-electron chi connectivity index (χ4n) is 1.10. The molecule has 0 saturated carbocycles. The lowest BCUT2D eigenvalue weighted by molar-refractivity contribution is -0.119. The minimum atomic E-state index is -0.902. The Balaban J connectivity index is 2.20. The van der Waals surface area contributed by atoms with Gasteiger partial charge in [0.05, 0.1) is 19.3 Å². The maximum Gasteiger partial charge on any atom is 0.239 e. The van der Waals surface area contributed by atoms with Gasteiger partial charge in [0.25, 0.3) is 0 Å². The third-order valence-corrected chi connectivity index (χ3v) is 1.97. The van der Waals surface area contributed by atoms with Crippen LogP contribution in [0.15, 0.2) is 30.3 Å². The van der Waals surface area contributed by atoms with Crippen molar-refractivity contribution in [2.75, 3.05) is 25.0 Å². The largest absolute Gasteiger partial charge is 0.394 e. The van der Waals surface area contributed by atoms with Crippen molar-refractivity contribution < 1.29 is 15.0 Å². The highest BCUT2D eigenvalue weighted by atomic mass is 16.3. The minimum Gasteiger partial charge on any atom is -0.394 e. The average molecular weight is 224 g/mol. The van der Waals surface area contributed by atoms with Gasteiger partial charge in [0.1, 0.15) is 0 Å². The third kappa shape index (κ3) is 4.77. The Morgan fingerprint density at radius 1 is 1.31 bits per heavy atom. The molecule has 0 heterocycles. The fraction of sp³-hybridized carbons (Fsp3) is 0.364. The van der Waals surface area contributed by atoms with E-state index in [-0.39, 0.29) is 25.6 Å². The molecule has 1 rings (SSSR count). The Morgan fingerprint density at radius 2 is 2.00 bits per heavy atom. The molecule has 0 radical (unpaired) electrons. The third-order valence-electron chi connectivity index (χ3n) is 1.97. The van der Waals surface area contributed by atoms with Crippen LogP contribution in [0.25, 0.3) is 0 Å². The number of aliphatic hydroxyl groups excluding tert-OH is 2. The molecule has 0 aromatic heterocycles. The highest BCUT2D eigenvalue weighted by Crippen LogP contribution is 2.03. The van der Waals surface area contributed by atoms with Crippen molar-refractivity contribution in [1.82, 2.24) is 5.32 Å². The van der Waals surface area contributed by atoms with Crippen LogP contribution in [-0.2, 0) is 4.79 Å². The van der Waals surface area contributed by atoms with E-state index in [9.17, 15) is 4.79 Å². The van der Waals surface area contributed by atoms with Crippen LogP contribution in [0, 0.1) is 0 Å². The van der Waals surface area contributed by atoms with E-state index >= 15 is 0 Å². The summed E-state index contributed by atoms with van der Waals surface area (Å²) in [5, 5.41) is 23.0. The molecule has 0 aliphatic heterocycles. The van der Waals surface area contributed by atoms with E-state index in [4.69, 9.17) is 10.2 Å². The van der Waals surface area contributed by atoms with Crippen LogP contribution >= 0.6 is 0 Å². The van der Waals surface area contributed by atoms with Crippen molar-refractivity contribution in [3.8, 4) is 0 Å². The molecule has 1 atom stereocenters. The molecule has 5 heteroatoms. The number of para-hydroxylation sites is 1. The highest BCUT2D eigenvalue weighted by molar-refractivity contribution is 5.80. The van der Waals surface area contributed by atoms with Gasteiger partial charge in [-0.2, -0.15) is 0 Å². The molecule has 1 amide bonds. The van der Waals surface area contributed by atoms with Gasteiger partial charge in [0.15, 0.2) is 0 Å². The number of aliphatic hydroxyl groups is 2. The number of carbonyl (C=O) groups is 1. The zero-order chi connectivity index (χ0) is 11.8. The van der Waals surface area contributed by atoms with Crippen LogP contribution in [0.3, 0.4) is 0 Å². The van der Waals surface area contributed by atoms with Crippen LogP contribution in [0.1, 0.15) is 0 Å². The summed E-state index contributed by atoms with van der Waals surface area (Å²) in [4.78, 5) is 11.3. The molecule has 16 heavy (non-hydrogen) atoms. The lowest BCUT2D eigenvalue weighted by Gasteiger charge is -2.10. The summed E-state index contributed by atoms with van der Waals surface area (Å²) >= 11 is 0. The average Bonchev–Trinajstić information content (AvgIpc) is 2.34. The Bertz CT molecular complexity index is 316. The van der Waals surface area contributed by atoms with Gasteiger partial charge in [-0.1, -0.05) is 18.2 Å². The van der Waals surface area contributed by atoms with E-state index in [0.29, 0.717) is 0 Å². The van der Waals surface area contributed by atoms with Crippen molar-refractivity contribution in [3.63, 3.8) is 0 Å². The molecule has 0 aliphatic rings. The van der Waals surface area contributed by atoms with Gasteiger partial charge in [-0.15, -0.1) is 0 Å². The molecular formula is C11H16N2O3. The number of nitrogens with one attached hydrogen (secondary N) is 2. The Kier molecular flexibility index (Phi) is 5.31. The predicted octanol–water partition coefficient (Wildman–Crippen LogP) is -0.432. The highest BCUT2D eigenvalue weighted by Gasteiger charge is 2.04. The Morgan fingerprint density at radius 3 is 2.62 bits per heavy atom. The summed E-state index contributed by atoms with van der Waals surface area (Å²) < 4.78 is 0. The molecular weight excluding hydrogens is 208 g/mol. The molecule has 0 spiro atoms. The molecule has 0 aliphatic carbocycles. The molecule has 1 aromatic rings. The smallest absolute Gasteiger partial charge is 0.239 e. The number of carbonyl (C=O) groups excluding carboxylic acids is 1. The van der Waals surface area contributed by atoms with Gasteiger partial charge in [-0.3, -0.25) is 4.79 Å². The SMILES string of the molecule is O=C(CNc1ccccc1)NCC(O)CO. The predicted molar refractivity (Wildman–Crippen MR) is 61.0 cm³/mol. The van der Waals surface area contributed by atoms with Crippen molar-refractivity contribution in [3.05, 3.63) is 30.3 Å². The molecule has 0 saturated heterocycles. The Labute approximate surface area is 94.1 Å². The second kappa shape index (κ2) is 6.81. The first kappa shape index (κ1) is 12.5. The first-order valence-electron chi connectivity index (χ1n) is 5.07. The molecule has 0 fully saturated rings. The van der Waals surface area contributed by atoms with E-state index in [1.807, 2.05) is 30.3 Å². The summed E-state index contributed by atoms with van der Waals surface area (Å²) in [5.74, 6) is -0.226. The monoisotopic (exact) mass is 224 g/mol. The second-order valence-electron chi connectivity index (χ2n) is 3.36. The van der Waals surface area contributed by atoms with Crippen molar-refractivity contribution in [2.24, 2.45) is 0 Å². The number of anilines is 1. The number of hydrogen-bond donors (Lipinski definition) is 4. The molecule has 1 aromatic carbocycles. The van der Waals surface area contributed by atoms with Crippen LogP contribution in [0.2, 0.25) is 0 Å². The first-order chi connectivity index (χ1) is 7.72. The summed E-state index contributed by atoms with van der Waals surface area (Å²) in [6.45, 7) is -0.152. The number of hydrogen-bond acceptors (Lipinski definition) is 4. The maximum atomic E-state index is 11.3. The van der Waals surface area contributed by atoms with E-state index < -0.39 is 6.10 Å². The quantitative estimate of drug-likeness (QED) is 0.528. The van der Waals surface area contributed by atoms with Gasteiger partial charge in [0, 0.05) is 12.2 Å².